The maximum atomic E-state index is 13.4. The van der Waals surface area contributed by atoms with Crippen molar-refractivity contribution in [2.24, 2.45) is 5.92 Å². The summed E-state index contributed by atoms with van der Waals surface area (Å²) < 4.78 is 26.8. The molecule has 0 fully saturated rings. The van der Waals surface area contributed by atoms with Crippen molar-refractivity contribution in [3.8, 4) is 0 Å². The minimum atomic E-state index is -0.667. The zero-order valence-corrected chi connectivity index (χ0v) is 9.73. The Morgan fingerprint density at radius 2 is 1.81 bits per heavy atom. The molecule has 0 aromatic heterocycles. The van der Waals surface area contributed by atoms with Crippen molar-refractivity contribution in [1.82, 2.24) is 0 Å². The number of halogens is 2. The Kier molecular flexibility index (Phi) is 5.18. The maximum absolute atomic E-state index is 13.4. The predicted molar refractivity (Wildman–Crippen MR) is 59.3 cm³/mol. The lowest BCUT2D eigenvalue weighted by Crippen LogP contribution is -2.04. The summed E-state index contributed by atoms with van der Waals surface area (Å²) in [5.74, 6) is -0.900. The van der Waals surface area contributed by atoms with Crippen LogP contribution in [0.5, 0.6) is 0 Å². The minimum Gasteiger partial charge on any atom is -0.396 e. The van der Waals surface area contributed by atoms with Gasteiger partial charge in [-0.1, -0.05) is 6.92 Å². The first kappa shape index (κ1) is 13.4. The van der Waals surface area contributed by atoms with Crippen molar-refractivity contribution in [2.45, 2.75) is 18.4 Å². The third-order valence-corrected chi connectivity index (χ3v) is 3.48. The van der Waals surface area contributed by atoms with Crippen molar-refractivity contribution in [3.05, 3.63) is 29.3 Å². The van der Waals surface area contributed by atoms with E-state index in [0.29, 0.717) is 5.75 Å². The summed E-state index contributed by atoms with van der Waals surface area (Å²) in [5.41, 5.74) is 0.217. The van der Waals surface area contributed by atoms with E-state index < -0.39 is 11.6 Å². The number of rotatable bonds is 5. The highest BCUT2D eigenvalue weighted by Gasteiger charge is 2.12. The molecule has 0 aliphatic heterocycles. The van der Waals surface area contributed by atoms with Crippen molar-refractivity contribution in [3.63, 3.8) is 0 Å². The monoisotopic (exact) mass is 248 g/mol. The van der Waals surface area contributed by atoms with Crippen molar-refractivity contribution in [1.29, 1.82) is 0 Å². The topological polar surface area (TPSA) is 40.5 Å². The Morgan fingerprint density at radius 1 is 1.25 bits per heavy atom. The molecule has 2 nitrogen and oxygen atoms in total. The summed E-state index contributed by atoms with van der Waals surface area (Å²) in [4.78, 5) is -0.0579. The second-order valence-electron chi connectivity index (χ2n) is 3.65. The molecular weight excluding hydrogens is 234 g/mol. The maximum Gasteiger partial charge on any atom is 0.140 e. The molecule has 16 heavy (non-hydrogen) atoms. The largest absolute Gasteiger partial charge is 0.396 e. The van der Waals surface area contributed by atoms with Crippen LogP contribution in [-0.4, -0.2) is 22.6 Å². The fourth-order valence-electron chi connectivity index (χ4n) is 1.12. The smallest absolute Gasteiger partial charge is 0.140 e. The molecule has 2 N–H and O–H groups in total. The Morgan fingerprint density at radius 3 is 2.25 bits per heavy atom. The molecule has 0 bridgehead atoms. The van der Waals surface area contributed by atoms with Gasteiger partial charge < -0.3 is 10.2 Å². The van der Waals surface area contributed by atoms with E-state index >= 15 is 0 Å². The second-order valence-corrected chi connectivity index (χ2v) is 4.68. The van der Waals surface area contributed by atoms with E-state index in [1.165, 1.54) is 0 Å². The minimum absolute atomic E-state index is 0.00897. The number of aliphatic hydroxyl groups excluding tert-OH is 2. The van der Waals surface area contributed by atoms with Crippen LogP contribution >= 0.6 is 11.8 Å². The number of thioether (sulfide) groups is 1. The summed E-state index contributed by atoms with van der Waals surface area (Å²) in [6.07, 6.45) is 0. The van der Waals surface area contributed by atoms with Gasteiger partial charge in [0.25, 0.3) is 0 Å². The molecule has 0 saturated heterocycles. The summed E-state index contributed by atoms with van der Waals surface area (Å²) in [6, 6.07) is 2.24. The molecule has 1 atom stereocenters. The quantitative estimate of drug-likeness (QED) is 0.785. The van der Waals surface area contributed by atoms with E-state index in [1.54, 1.807) is 6.92 Å². The SMILES string of the molecule is CC(CO)CSc1c(F)cc(CO)cc1F. The standard InChI is InChI=1S/C11H14F2O2S/c1-7(4-14)6-16-11-9(12)2-8(5-15)3-10(11)13/h2-3,7,14-15H,4-6H2,1H3. The van der Waals surface area contributed by atoms with Gasteiger partial charge in [-0.15, -0.1) is 11.8 Å². The Bertz CT molecular complexity index is 335. The number of benzene rings is 1. The van der Waals surface area contributed by atoms with Gasteiger partial charge in [-0.2, -0.15) is 0 Å². The zero-order valence-electron chi connectivity index (χ0n) is 8.91. The fourth-order valence-corrected chi connectivity index (χ4v) is 2.07. The van der Waals surface area contributed by atoms with E-state index in [0.717, 1.165) is 23.9 Å². The third-order valence-electron chi connectivity index (χ3n) is 2.06. The highest BCUT2D eigenvalue weighted by atomic mass is 32.2. The van der Waals surface area contributed by atoms with Crippen LogP contribution in [0.2, 0.25) is 0 Å². The number of hydrogen-bond acceptors (Lipinski definition) is 3. The number of hydrogen-bond donors (Lipinski definition) is 2. The fraction of sp³-hybridized carbons (Fsp3) is 0.455. The van der Waals surface area contributed by atoms with Gasteiger partial charge in [-0.25, -0.2) is 8.78 Å². The van der Waals surface area contributed by atoms with E-state index in [4.69, 9.17) is 10.2 Å². The van der Waals surface area contributed by atoms with Crippen LogP contribution in [0.4, 0.5) is 8.78 Å². The average Bonchev–Trinajstić information content (AvgIpc) is 2.27. The second kappa shape index (κ2) is 6.18. The molecular formula is C11H14F2O2S. The predicted octanol–water partition coefficient (Wildman–Crippen LogP) is 2.18. The Labute approximate surface area is 97.3 Å². The molecule has 0 aliphatic rings. The first-order chi connectivity index (χ1) is 7.58. The van der Waals surface area contributed by atoms with Crippen molar-refractivity contribution >= 4 is 11.8 Å². The molecule has 90 valence electrons. The summed E-state index contributed by atoms with van der Waals surface area (Å²) in [7, 11) is 0. The Hall–Kier alpha value is -0.650. The lowest BCUT2D eigenvalue weighted by molar-refractivity contribution is 0.250. The summed E-state index contributed by atoms with van der Waals surface area (Å²) >= 11 is 1.03. The molecule has 1 rings (SSSR count). The van der Waals surface area contributed by atoms with Crippen LogP contribution in [0.3, 0.4) is 0 Å². The van der Waals surface area contributed by atoms with E-state index in [-0.39, 0.29) is 29.6 Å². The van der Waals surface area contributed by atoms with Crippen LogP contribution in [0, 0.1) is 17.6 Å². The van der Waals surface area contributed by atoms with Gasteiger partial charge >= 0.3 is 0 Å². The molecule has 0 heterocycles. The molecule has 5 heteroatoms. The molecule has 1 aromatic rings. The van der Waals surface area contributed by atoms with Crippen molar-refractivity contribution in [2.75, 3.05) is 12.4 Å². The first-order valence-corrected chi connectivity index (χ1v) is 5.89. The van der Waals surface area contributed by atoms with Gasteiger partial charge in [-0.3, -0.25) is 0 Å². The van der Waals surface area contributed by atoms with Gasteiger partial charge in [0.2, 0.25) is 0 Å². The van der Waals surface area contributed by atoms with E-state index in [2.05, 4.69) is 0 Å². The van der Waals surface area contributed by atoms with Gasteiger partial charge in [0.05, 0.1) is 11.5 Å². The van der Waals surface area contributed by atoms with Crippen LogP contribution in [-0.2, 0) is 6.61 Å². The summed E-state index contributed by atoms with van der Waals surface area (Å²) in [6.45, 7) is 1.40. The van der Waals surface area contributed by atoms with Gasteiger partial charge in [-0.05, 0) is 23.6 Å². The Balaban J connectivity index is 2.80. The lowest BCUT2D eigenvalue weighted by Gasteiger charge is -2.09. The van der Waals surface area contributed by atoms with E-state index in [9.17, 15) is 8.78 Å². The van der Waals surface area contributed by atoms with Crippen LogP contribution in [0.15, 0.2) is 17.0 Å². The normalized spacial score (nSPS) is 12.8. The van der Waals surface area contributed by atoms with Gasteiger partial charge in [0.15, 0.2) is 0 Å². The molecule has 0 saturated carbocycles. The van der Waals surface area contributed by atoms with Gasteiger partial charge in [0.1, 0.15) is 11.6 Å². The highest BCUT2D eigenvalue weighted by Crippen LogP contribution is 2.27. The van der Waals surface area contributed by atoms with Crippen molar-refractivity contribution < 1.29 is 19.0 Å². The highest BCUT2D eigenvalue weighted by molar-refractivity contribution is 7.99. The molecule has 0 amide bonds. The molecule has 0 radical (unpaired) electrons. The van der Waals surface area contributed by atoms with Crippen LogP contribution in [0.25, 0.3) is 0 Å². The molecule has 1 aromatic carbocycles. The van der Waals surface area contributed by atoms with Crippen LogP contribution in [0.1, 0.15) is 12.5 Å². The van der Waals surface area contributed by atoms with Crippen LogP contribution < -0.4 is 0 Å². The lowest BCUT2D eigenvalue weighted by atomic mass is 10.2. The third kappa shape index (κ3) is 3.43. The van der Waals surface area contributed by atoms with E-state index in [1.807, 2.05) is 0 Å². The number of aliphatic hydroxyl groups is 2. The summed E-state index contributed by atoms with van der Waals surface area (Å²) in [5, 5.41) is 17.6. The zero-order chi connectivity index (χ0) is 12.1. The molecule has 0 spiro atoms. The first-order valence-electron chi connectivity index (χ1n) is 4.91. The van der Waals surface area contributed by atoms with Gasteiger partial charge in [0, 0.05) is 12.4 Å². The average molecular weight is 248 g/mol. The molecule has 1 unspecified atom stereocenters. The molecule has 0 aliphatic carbocycles.